The van der Waals surface area contributed by atoms with Gasteiger partial charge in [-0.05, 0) is 23.8 Å². The van der Waals surface area contributed by atoms with Crippen LogP contribution in [-0.4, -0.2) is 16.2 Å². The van der Waals surface area contributed by atoms with E-state index in [2.05, 4.69) is 13.8 Å². The summed E-state index contributed by atoms with van der Waals surface area (Å²) >= 11 is 0. The summed E-state index contributed by atoms with van der Waals surface area (Å²) in [5.41, 5.74) is 0.746. The molecule has 16 heavy (non-hydrogen) atoms. The van der Waals surface area contributed by atoms with E-state index in [1.54, 1.807) is 12.1 Å². The predicted octanol–water partition coefficient (Wildman–Crippen LogP) is 3.30. The van der Waals surface area contributed by atoms with Gasteiger partial charge >= 0.3 is 5.97 Å². The zero-order chi connectivity index (χ0) is 12.4. The molecule has 0 unspecified atom stereocenters. The maximum atomic E-state index is 10.1. The third kappa shape index (κ3) is 7.62. The molecule has 0 amide bonds. The molecule has 0 aliphatic heterocycles. The molecular formula is C13H18O3. The summed E-state index contributed by atoms with van der Waals surface area (Å²) in [4.78, 5) is 10.1. The van der Waals surface area contributed by atoms with Crippen LogP contribution in [0, 0.1) is 0 Å². The normalized spacial score (nSPS) is 9.62. The van der Waals surface area contributed by atoms with Gasteiger partial charge in [-0.1, -0.05) is 38.8 Å². The first-order chi connectivity index (χ1) is 7.60. The van der Waals surface area contributed by atoms with Crippen molar-refractivity contribution in [1.29, 1.82) is 0 Å². The molecule has 0 saturated heterocycles. The van der Waals surface area contributed by atoms with E-state index in [1.165, 1.54) is 31.1 Å². The molecule has 3 nitrogen and oxygen atoms in total. The molecule has 3 heteroatoms. The number of unbranched alkanes of at least 4 members (excludes halogenated alkanes) is 1. The van der Waals surface area contributed by atoms with Gasteiger partial charge in [0.2, 0.25) is 0 Å². The third-order valence-electron chi connectivity index (χ3n) is 1.81. The number of aliphatic carboxylic acids is 1. The van der Waals surface area contributed by atoms with Crippen LogP contribution in [0.5, 0.6) is 5.75 Å². The third-order valence-corrected chi connectivity index (χ3v) is 1.81. The van der Waals surface area contributed by atoms with E-state index in [1.807, 2.05) is 0 Å². The first kappa shape index (κ1) is 14.2. The van der Waals surface area contributed by atoms with Gasteiger partial charge in [-0.15, -0.1) is 0 Å². The SMILES string of the molecule is CCCC.O=C(O)C=Cc1ccc(O)cc1. The van der Waals surface area contributed by atoms with Crippen molar-refractivity contribution in [3.63, 3.8) is 0 Å². The zero-order valence-corrected chi connectivity index (χ0v) is 9.68. The van der Waals surface area contributed by atoms with Gasteiger partial charge in [-0.3, -0.25) is 0 Å². The largest absolute Gasteiger partial charge is 0.508 e. The minimum absolute atomic E-state index is 0.169. The van der Waals surface area contributed by atoms with Crippen molar-refractivity contribution in [1.82, 2.24) is 0 Å². The quantitative estimate of drug-likeness (QED) is 0.771. The Morgan fingerprint density at radius 3 is 2.06 bits per heavy atom. The minimum Gasteiger partial charge on any atom is -0.508 e. The highest BCUT2D eigenvalue weighted by Crippen LogP contribution is 2.10. The molecular weight excluding hydrogens is 204 g/mol. The van der Waals surface area contributed by atoms with Crippen LogP contribution in [0.4, 0.5) is 0 Å². The van der Waals surface area contributed by atoms with Gasteiger partial charge < -0.3 is 10.2 Å². The van der Waals surface area contributed by atoms with Crippen LogP contribution in [0.25, 0.3) is 6.08 Å². The molecule has 0 fully saturated rings. The number of phenols is 1. The molecule has 0 radical (unpaired) electrons. The summed E-state index contributed by atoms with van der Waals surface area (Å²) in [6.07, 6.45) is 5.15. The predicted molar refractivity (Wildman–Crippen MR) is 65.4 cm³/mol. The van der Waals surface area contributed by atoms with E-state index in [-0.39, 0.29) is 5.75 Å². The highest BCUT2D eigenvalue weighted by Gasteiger charge is 1.89. The second-order valence-electron chi connectivity index (χ2n) is 3.26. The van der Waals surface area contributed by atoms with Crippen LogP contribution in [0.1, 0.15) is 32.3 Å². The second-order valence-corrected chi connectivity index (χ2v) is 3.26. The molecule has 0 saturated carbocycles. The van der Waals surface area contributed by atoms with Crippen LogP contribution in [0.15, 0.2) is 30.3 Å². The summed E-state index contributed by atoms with van der Waals surface area (Å²) in [7, 11) is 0. The van der Waals surface area contributed by atoms with Crippen molar-refractivity contribution in [2.75, 3.05) is 0 Å². The number of rotatable bonds is 3. The Kier molecular flexibility index (Phi) is 7.59. The number of carbonyl (C=O) groups is 1. The van der Waals surface area contributed by atoms with Gasteiger partial charge in [-0.2, -0.15) is 0 Å². The Balaban J connectivity index is 0.000000487. The molecule has 0 aromatic heterocycles. The fraction of sp³-hybridized carbons (Fsp3) is 0.308. The lowest BCUT2D eigenvalue weighted by Crippen LogP contribution is -1.85. The number of carboxylic acid groups (broad SMARTS) is 1. The standard InChI is InChI=1S/C9H8O3.C4H10/c10-8-4-1-7(2-5-8)3-6-9(11)12;1-3-4-2/h1-6,10H,(H,11,12);3-4H2,1-2H3. The molecule has 0 heterocycles. The van der Waals surface area contributed by atoms with Crippen LogP contribution in [0.2, 0.25) is 0 Å². The fourth-order valence-electron chi connectivity index (χ4n) is 0.753. The van der Waals surface area contributed by atoms with E-state index >= 15 is 0 Å². The molecule has 0 bridgehead atoms. The number of benzene rings is 1. The molecule has 0 spiro atoms. The average Bonchev–Trinajstić information content (AvgIpc) is 2.28. The Morgan fingerprint density at radius 2 is 1.69 bits per heavy atom. The average molecular weight is 222 g/mol. The number of hydrogen-bond acceptors (Lipinski definition) is 2. The van der Waals surface area contributed by atoms with Crippen molar-refractivity contribution in [2.45, 2.75) is 26.7 Å². The molecule has 2 N–H and O–H groups in total. The smallest absolute Gasteiger partial charge is 0.328 e. The molecule has 1 rings (SSSR count). The molecule has 88 valence electrons. The first-order valence-electron chi connectivity index (χ1n) is 5.30. The van der Waals surface area contributed by atoms with Gasteiger partial charge in [0.1, 0.15) is 5.75 Å². The summed E-state index contributed by atoms with van der Waals surface area (Å²) in [5, 5.41) is 17.2. The summed E-state index contributed by atoms with van der Waals surface area (Å²) in [5.74, 6) is -0.814. The van der Waals surface area contributed by atoms with E-state index < -0.39 is 5.97 Å². The maximum absolute atomic E-state index is 10.1. The number of aromatic hydroxyl groups is 1. The van der Waals surface area contributed by atoms with Crippen molar-refractivity contribution < 1.29 is 15.0 Å². The van der Waals surface area contributed by atoms with E-state index in [9.17, 15) is 4.79 Å². The van der Waals surface area contributed by atoms with E-state index in [0.29, 0.717) is 0 Å². The van der Waals surface area contributed by atoms with E-state index in [0.717, 1.165) is 11.6 Å². The van der Waals surface area contributed by atoms with Gasteiger partial charge in [0.15, 0.2) is 0 Å². The summed E-state index contributed by atoms with van der Waals surface area (Å²) in [6, 6.07) is 6.27. The van der Waals surface area contributed by atoms with Crippen molar-refractivity contribution >= 4 is 12.0 Å². The summed E-state index contributed by atoms with van der Waals surface area (Å²) < 4.78 is 0. The minimum atomic E-state index is -0.983. The Morgan fingerprint density at radius 1 is 1.19 bits per heavy atom. The number of hydrogen-bond donors (Lipinski definition) is 2. The van der Waals surface area contributed by atoms with Crippen LogP contribution < -0.4 is 0 Å². The fourth-order valence-corrected chi connectivity index (χ4v) is 0.753. The maximum Gasteiger partial charge on any atom is 0.328 e. The van der Waals surface area contributed by atoms with Crippen molar-refractivity contribution in [2.24, 2.45) is 0 Å². The molecule has 1 aromatic carbocycles. The monoisotopic (exact) mass is 222 g/mol. The van der Waals surface area contributed by atoms with Gasteiger partial charge in [-0.25, -0.2) is 4.79 Å². The summed E-state index contributed by atoms with van der Waals surface area (Å²) in [6.45, 7) is 4.36. The topological polar surface area (TPSA) is 57.5 Å². The highest BCUT2D eigenvalue weighted by molar-refractivity contribution is 5.85. The van der Waals surface area contributed by atoms with Gasteiger partial charge in [0, 0.05) is 6.08 Å². The lowest BCUT2D eigenvalue weighted by atomic mass is 10.2. The Labute approximate surface area is 96.1 Å². The first-order valence-corrected chi connectivity index (χ1v) is 5.30. The lowest BCUT2D eigenvalue weighted by Gasteiger charge is -1.92. The number of carboxylic acids is 1. The van der Waals surface area contributed by atoms with Crippen LogP contribution >= 0.6 is 0 Å². The molecule has 1 aromatic rings. The van der Waals surface area contributed by atoms with E-state index in [4.69, 9.17) is 10.2 Å². The van der Waals surface area contributed by atoms with Gasteiger partial charge in [0.25, 0.3) is 0 Å². The lowest BCUT2D eigenvalue weighted by molar-refractivity contribution is -0.131. The molecule has 0 aliphatic carbocycles. The van der Waals surface area contributed by atoms with Crippen LogP contribution in [0.3, 0.4) is 0 Å². The molecule has 0 aliphatic rings. The number of phenolic OH excluding ortho intramolecular Hbond substituents is 1. The zero-order valence-electron chi connectivity index (χ0n) is 9.68. The second kappa shape index (κ2) is 8.53. The van der Waals surface area contributed by atoms with Crippen LogP contribution in [-0.2, 0) is 4.79 Å². The van der Waals surface area contributed by atoms with Crippen molar-refractivity contribution in [3.8, 4) is 5.75 Å². The van der Waals surface area contributed by atoms with Gasteiger partial charge in [0.05, 0.1) is 0 Å². The highest BCUT2D eigenvalue weighted by atomic mass is 16.4. The Hall–Kier alpha value is -1.77. The van der Waals surface area contributed by atoms with Crippen molar-refractivity contribution in [3.05, 3.63) is 35.9 Å². The molecule has 0 atom stereocenters. The Bertz CT molecular complexity index is 324.